The minimum Gasteiger partial charge on any atom is -0.347 e. The van der Waals surface area contributed by atoms with E-state index in [1.807, 2.05) is 62.4 Å². The summed E-state index contributed by atoms with van der Waals surface area (Å²) in [6.07, 6.45) is 1.12. The molecule has 0 aliphatic rings. The lowest BCUT2D eigenvalue weighted by Gasteiger charge is -2.10. The Morgan fingerprint density at radius 2 is 1.78 bits per heavy atom. The van der Waals surface area contributed by atoms with Crippen molar-refractivity contribution in [1.29, 1.82) is 0 Å². The summed E-state index contributed by atoms with van der Waals surface area (Å²) >= 11 is 0. The van der Waals surface area contributed by atoms with E-state index in [1.54, 1.807) is 0 Å². The molecule has 2 aromatic carbocycles. The number of aryl methyl sites for hydroxylation is 2. The number of carbonyl (C=O) groups excluding carboxylic acids is 2. The normalized spacial score (nSPS) is 10.2. The Labute approximate surface area is 136 Å². The molecule has 0 aliphatic heterocycles. The Bertz CT molecular complexity index is 695. The number of para-hydroxylation sites is 1. The van der Waals surface area contributed by atoms with E-state index >= 15 is 0 Å². The van der Waals surface area contributed by atoms with Crippen LogP contribution in [-0.2, 0) is 22.4 Å². The van der Waals surface area contributed by atoms with E-state index in [0.29, 0.717) is 0 Å². The summed E-state index contributed by atoms with van der Waals surface area (Å²) in [5, 5.41) is 5.49. The highest BCUT2D eigenvalue weighted by Gasteiger charge is 2.08. The summed E-state index contributed by atoms with van der Waals surface area (Å²) in [7, 11) is 0. The summed E-state index contributed by atoms with van der Waals surface area (Å²) in [5.41, 5.74) is 3.93. The standard InChI is InChI=1S/C19H22N2O2/c1-3-16-9-4-5-10-17(16)21-19(23)13-20-18(22)12-15-8-6-7-14(2)11-15/h4-11H,3,12-13H2,1-2H3,(H,20,22)(H,21,23). The fourth-order valence-electron chi connectivity index (χ4n) is 2.39. The van der Waals surface area contributed by atoms with Gasteiger partial charge in [-0.05, 0) is 30.5 Å². The molecule has 0 saturated heterocycles. The topological polar surface area (TPSA) is 58.2 Å². The summed E-state index contributed by atoms with van der Waals surface area (Å²) in [6.45, 7) is 4.00. The Balaban J connectivity index is 1.83. The lowest BCUT2D eigenvalue weighted by Crippen LogP contribution is -2.33. The monoisotopic (exact) mass is 310 g/mol. The van der Waals surface area contributed by atoms with Gasteiger partial charge in [0.1, 0.15) is 0 Å². The van der Waals surface area contributed by atoms with E-state index in [9.17, 15) is 9.59 Å². The van der Waals surface area contributed by atoms with Crippen LogP contribution < -0.4 is 10.6 Å². The van der Waals surface area contributed by atoms with Gasteiger partial charge in [0.25, 0.3) is 0 Å². The molecule has 120 valence electrons. The lowest BCUT2D eigenvalue weighted by atomic mass is 10.1. The van der Waals surface area contributed by atoms with Gasteiger partial charge in [-0.2, -0.15) is 0 Å². The Kier molecular flexibility index (Phi) is 5.92. The maximum Gasteiger partial charge on any atom is 0.243 e. The van der Waals surface area contributed by atoms with Gasteiger partial charge in [0.05, 0.1) is 13.0 Å². The molecule has 0 aliphatic carbocycles. The molecule has 0 heterocycles. The number of nitrogens with one attached hydrogen (secondary N) is 2. The van der Waals surface area contributed by atoms with Gasteiger partial charge in [-0.3, -0.25) is 9.59 Å². The van der Waals surface area contributed by atoms with E-state index < -0.39 is 0 Å². The third-order valence-corrected chi connectivity index (χ3v) is 3.57. The second-order valence-electron chi connectivity index (χ2n) is 5.50. The van der Waals surface area contributed by atoms with Crippen molar-refractivity contribution in [3.05, 3.63) is 65.2 Å². The van der Waals surface area contributed by atoms with Crippen molar-refractivity contribution in [1.82, 2.24) is 5.32 Å². The van der Waals surface area contributed by atoms with Crippen molar-refractivity contribution in [3.8, 4) is 0 Å². The summed E-state index contributed by atoms with van der Waals surface area (Å²) in [4.78, 5) is 23.9. The number of benzene rings is 2. The van der Waals surface area contributed by atoms with Gasteiger partial charge in [-0.1, -0.05) is 55.0 Å². The van der Waals surface area contributed by atoms with Crippen LogP contribution in [0, 0.1) is 6.92 Å². The number of hydrogen-bond donors (Lipinski definition) is 2. The van der Waals surface area contributed by atoms with Gasteiger partial charge >= 0.3 is 0 Å². The highest BCUT2D eigenvalue weighted by atomic mass is 16.2. The Morgan fingerprint density at radius 3 is 2.52 bits per heavy atom. The van der Waals surface area contributed by atoms with Gasteiger partial charge in [-0.25, -0.2) is 0 Å². The van der Waals surface area contributed by atoms with E-state index in [0.717, 1.165) is 28.8 Å². The highest BCUT2D eigenvalue weighted by Crippen LogP contribution is 2.14. The average molecular weight is 310 g/mol. The number of hydrogen-bond acceptors (Lipinski definition) is 2. The molecule has 4 nitrogen and oxygen atoms in total. The molecule has 4 heteroatoms. The van der Waals surface area contributed by atoms with Crippen LogP contribution in [0.3, 0.4) is 0 Å². The summed E-state index contributed by atoms with van der Waals surface area (Å²) in [6, 6.07) is 15.5. The fraction of sp³-hybridized carbons (Fsp3) is 0.263. The van der Waals surface area contributed by atoms with Crippen LogP contribution in [0.15, 0.2) is 48.5 Å². The van der Waals surface area contributed by atoms with Crippen LogP contribution in [0.5, 0.6) is 0 Å². The first-order chi connectivity index (χ1) is 11.1. The molecule has 2 amide bonds. The molecule has 0 aromatic heterocycles. The van der Waals surface area contributed by atoms with Gasteiger partial charge in [0, 0.05) is 5.69 Å². The molecule has 0 radical (unpaired) electrons. The van der Waals surface area contributed by atoms with Crippen LogP contribution in [0.1, 0.15) is 23.6 Å². The maximum absolute atomic E-state index is 12.0. The average Bonchev–Trinajstić information content (AvgIpc) is 2.53. The maximum atomic E-state index is 12.0. The Hall–Kier alpha value is -2.62. The number of rotatable bonds is 6. The zero-order valence-corrected chi connectivity index (χ0v) is 13.6. The summed E-state index contributed by atoms with van der Waals surface area (Å²) < 4.78 is 0. The molecule has 2 N–H and O–H groups in total. The molecular weight excluding hydrogens is 288 g/mol. The van der Waals surface area contributed by atoms with Gasteiger partial charge in [0.2, 0.25) is 11.8 Å². The molecule has 0 saturated carbocycles. The van der Waals surface area contributed by atoms with Crippen LogP contribution in [-0.4, -0.2) is 18.4 Å². The van der Waals surface area contributed by atoms with Crippen LogP contribution in [0.4, 0.5) is 5.69 Å². The zero-order valence-electron chi connectivity index (χ0n) is 13.6. The second kappa shape index (κ2) is 8.13. The number of carbonyl (C=O) groups is 2. The minimum absolute atomic E-state index is 0.0251. The first kappa shape index (κ1) is 16.7. The van der Waals surface area contributed by atoms with Crippen molar-refractivity contribution < 1.29 is 9.59 Å². The van der Waals surface area contributed by atoms with Crippen molar-refractivity contribution in [2.24, 2.45) is 0 Å². The van der Waals surface area contributed by atoms with Gasteiger partial charge < -0.3 is 10.6 Å². The van der Waals surface area contributed by atoms with Crippen LogP contribution >= 0.6 is 0 Å². The molecule has 2 aromatic rings. The SMILES string of the molecule is CCc1ccccc1NC(=O)CNC(=O)Cc1cccc(C)c1. The lowest BCUT2D eigenvalue weighted by molar-refractivity contribution is -0.123. The smallest absolute Gasteiger partial charge is 0.243 e. The van der Waals surface area contributed by atoms with Crippen molar-refractivity contribution in [2.45, 2.75) is 26.7 Å². The molecule has 0 bridgehead atoms. The predicted molar refractivity (Wildman–Crippen MR) is 92.3 cm³/mol. The van der Waals surface area contributed by atoms with Crippen molar-refractivity contribution in [2.75, 3.05) is 11.9 Å². The van der Waals surface area contributed by atoms with Crippen LogP contribution in [0.25, 0.3) is 0 Å². The molecule has 0 atom stereocenters. The Morgan fingerprint density at radius 1 is 1.00 bits per heavy atom. The highest BCUT2D eigenvalue weighted by molar-refractivity contribution is 5.95. The first-order valence-electron chi connectivity index (χ1n) is 7.78. The first-order valence-corrected chi connectivity index (χ1v) is 7.78. The molecule has 0 fully saturated rings. The van der Waals surface area contributed by atoms with E-state index in [4.69, 9.17) is 0 Å². The minimum atomic E-state index is -0.219. The molecule has 23 heavy (non-hydrogen) atoms. The molecule has 2 rings (SSSR count). The molecule has 0 spiro atoms. The summed E-state index contributed by atoms with van der Waals surface area (Å²) in [5.74, 6) is -0.377. The second-order valence-corrected chi connectivity index (χ2v) is 5.50. The van der Waals surface area contributed by atoms with Crippen LogP contribution in [0.2, 0.25) is 0 Å². The third-order valence-electron chi connectivity index (χ3n) is 3.57. The van der Waals surface area contributed by atoms with Gasteiger partial charge in [0.15, 0.2) is 0 Å². The number of amides is 2. The van der Waals surface area contributed by atoms with E-state index in [1.165, 1.54) is 0 Å². The quantitative estimate of drug-likeness (QED) is 0.862. The van der Waals surface area contributed by atoms with Crippen molar-refractivity contribution >= 4 is 17.5 Å². The number of anilines is 1. The largest absolute Gasteiger partial charge is 0.347 e. The molecular formula is C19H22N2O2. The van der Waals surface area contributed by atoms with Gasteiger partial charge in [-0.15, -0.1) is 0 Å². The van der Waals surface area contributed by atoms with E-state index in [2.05, 4.69) is 10.6 Å². The predicted octanol–water partition coefficient (Wildman–Crippen LogP) is 2.85. The van der Waals surface area contributed by atoms with E-state index in [-0.39, 0.29) is 24.8 Å². The molecule has 0 unspecified atom stereocenters. The third kappa shape index (κ3) is 5.25. The van der Waals surface area contributed by atoms with Crippen molar-refractivity contribution in [3.63, 3.8) is 0 Å². The fourth-order valence-corrected chi connectivity index (χ4v) is 2.39. The zero-order chi connectivity index (χ0) is 16.7.